The standard InChI is InChI=1S/C23H21O.C19H19.C2H6Si.Zr/c1-14-9-15(2)11-20(10-14)23-16(3)5-7-18-12-19(13-21(18)23)22-8-6-17(4)24-22;1-12-7-13(2)10-17(9-12)19-15(4)5-6-16-8-14(3)11-18(16)19;1-3-2;/h5-13H,1-4H3;5-11H,1-4H3;1-2H3;/q2*-1;;+2. The number of hydrogen-bond donors (Lipinski definition) is 0. The molecule has 0 aliphatic carbocycles. The summed E-state index contributed by atoms with van der Waals surface area (Å²) in [5.74, 6) is 1.88. The number of hydrogen-bond acceptors (Lipinski definition) is 1. The maximum atomic E-state index is 5.81. The Bertz CT molecular complexity index is 2170. The minimum Gasteiger partial charge on any atom is -0.496 e. The summed E-state index contributed by atoms with van der Waals surface area (Å²) in [6.45, 7) is 21.8. The molecule has 0 N–H and O–H groups in total. The predicted octanol–water partition coefficient (Wildman–Crippen LogP) is 13.0. The normalized spacial score (nSPS) is 10.9. The molecule has 0 atom stereocenters. The van der Waals surface area contributed by atoms with Crippen molar-refractivity contribution in [2.24, 2.45) is 0 Å². The first-order chi connectivity index (χ1) is 22.3. The molecule has 0 saturated heterocycles. The van der Waals surface area contributed by atoms with Gasteiger partial charge in [0.1, 0.15) is 0 Å². The second-order valence-corrected chi connectivity index (χ2v) is 22.8. The van der Waals surface area contributed by atoms with E-state index in [0.29, 0.717) is 0 Å². The largest absolute Gasteiger partial charge is 0.496 e. The molecular formula is C44H46OSiZr. The first kappa shape index (κ1) is 34.8. The summed E-state index contributed by atoms with van der Waals surface area (Å²) in [5, 5.41) is 5.28. The number of furan rings is 1. The van der Waals surface area contributed by atoms with Gasteiger partial charge < -0.3 is 4.42 Å². The molecule has 0 radical (unpaired) electrons. The molecule has 236 valence electrons. The Kier molecular flexibility index (Phi) is 10.9. The molecule has 0 amide bonds. The van der Waals surface area contributed by atoms with Gasteiger partial charge in [-0.1, -0.05) is 93.9 Å². The van der Waals surface area contributed by atoms with Crippen LogP contribution in [0, 0.1) is 55.4 Å². The van der Waals surface area contributed by atoms with Crippen LogP contribution >= 0.6 is 0 Å². The summed E-state index contributed by atoms with van der Waals surface area (Å²) in [5.41, 5.74) is 16.0. The van der Waals surface area contributed by atoms with Gasteiger partial charge in [-0.2, -0.15) is 6.07 Å². The molecule has 0 unspecified atom stereocenters. The maximum absolute atomic E-state index is 5.81. The van der Waals surface area contributed by atoms with Crippen LogP contribution in [0.1, 0.15) is 44.7 Å². The topological polar surface area (TPSA) is 13.1 Å². The molecule has 6 aromatic carbocycles. The van der Waals surface area contributed by atoms with E-state index in [-0.39, 0.29) is 5.43 Å². The van der Waals surface area contributed by atoms with Crippen molar-refractivity contribution in [1.82, 2.24) is 0 Å². The van der Waals surface area contributed by atoms with Gasteiger partial charge in [-0.3, -0.25) is 0 Å². The third-order valence-corrected chi connectivity index (χ3v) is 8.39. The van der Waals surface area contributed by atoms with E-state index in [9.17, 15) is 0 Å². The Balaban J connectivity index is 0.000000169. The molecule has 1 heterocycles. The first-order valence-electron chi connectivity index (χ1n) is 16.4. The van der Waals surface area contributed by atoms with Gasteiger partial charge in [-0.25, -0.2) is 0 Å². The van der Waals surface area contributed by atoms with Crippen LogP contribution < -0.4 is 0 Å². The van der Waals surface area contributed by atoms with E-state index in [1.165, 1.54) is 82.7 Å². The van der Waals surface area contributed by atoms with Gasteiger partial charge in [-0.15, -0.1) is 63.5 Å². The fourth-order valence-corrected chi connectivity index (χ4v) is 6.67. The number of aryl methyl sites for hydroxylation is 8. The maximum Gasteiger partial charge on any atom is 0.0896 e. The van der Waals surface area contributed by atoms with Crippen LogP contribution in [-0.4, -0.2) is 5.43 Å². The fourth-order valence-electron chi connectivity index (χ4n) is 6.67. The molecule has 7 rings (SSSR count). The molecule has 0 fully saturated rings. The second kappa shape index (κ2) is 14.7. The molecule has 0 saturated carbocycles. The Morgan fingerprint density at radius 2 is 0.979 bits per heavy atom. The quantitative estimate of drug-likeness (QED) is 0.131. The van der Waals surface area contributed by atoms with E-state index >= 15 is 0 Å². The van der Waals surface area contributed by atoms with Crippen LogP contribution in [0.2, 0.25) is 13.1 Å². The van der Waals surface area contributed by atoms with E-state index in [1.54, 1.807) is 23.3 Å². The van der Waals surface area contributed by atoms with E-state index in [2.05, 4.69) is 146 Å². The molecule has 7 aromatic rings. The number of benzene rings is 4. The smallest absolute Gasteiger partial charge is 0.0896 e. The van der Waals surface area contributed by atoms with Crippen molar-refractivity contribution in [3.8, 4) is 33.6 Å². The van der Waals surface area contributed by atoms with Crippen LogP contribution in [0.3, 0.4) is 0 Å². The van der Waals surface area contributed by atoms with Crippen LogP contribution in [0.4, 0.5) is 0 Å². The van der Waals surface area contributed by atoms with Gasteiger partial charge in [0.2, 0.25) is 0 Å². The van der Waals surface area contributed by atoms with Crippen molar-refractivity contribution < 1.29 is 27.8 Å². The third kappa shape index (κ3) is 8.32. The average molecular weight is 710 g/mol. The third-order valence-electron chi connectivity index (χ3n) is 8.39. The van der Waals surface area contributed by atoms with Gasteiger partial charge in [0, 0.05) is 0 Å². The molecule has 47 heavy (non-hydrogen) atoms. The summed E-state index contributed by atoms with van der Waals surface area (Å²) < 4.78 is 5.81. The predicted molar refractivity (Wildman–Crippen MR) is 203 cm³/mol. The molecule has 0 spiro atoms. The van der Waals surface area contributed by atoms with E-state index < -0.39 is 0 Å². The number of fused-ring (bicyclic) bond motifs is 2. The molecular weight excluding hydrogens is 664 g/mol. The van der Waals surface area contributed by atoms with Crippen molar-refractivity contribution in [2.75, 3.05) is 0 Å². The second-order valence-electron chi connectivity index (χ2n) is 13.5. The Hall–Kier alpha value is -3.52. The zero-order valence-corrected chi connectivity index (χ0v) is 33.1. The molecule has 0 aliphatic heterocycles. The van der Waals surface area contributed by atoms with Gasteiger partial charge in [0.15, 0.2) is 0 Å². The summed E-state index contributed by atoms with van der Waals surface area (Å²) in [7, 11) is 0. The van der Waals surface area contributed by atoms with Crippen molar-refractivity contribution in [3.05, 3.63) is 142 Å². The van der Waals surface area contributed by atoms with E-state index in [1.807, 2.05) is 19.1 Å². The Morgan fingerprint density at radius 1 is 0.532 bits per heavy atom. The summed E-state index contributed by atoms with van der Waals surface area (Å²) in [6.07, 6.45) is 0. The average Bonchev–Trinajstić information content (AvgIpc) is 3.69. The van der Waals surface area contributed by atoms with E-state index in [4.69, 9.17) is 4.42 Å². The molecule has 1 aromatic heterocycles. The zero-order chi connectivity index (χ0) is 34.0. The minimum absolute atomic E-state index is 0.210. The number of rotatable bonds is 3. The van der Waals surface area contributed by atoms with Crippen LogP contribution in [0.25, 0.3) is 55.1 Å². The van der Waals surface area contributed by atoms with E-state index in [0.717, 1.165) is 17.1 Å². The van der Waals surface area contributed by atoms with Crippen molar-refractivity contribution in [2.45, 2.75) is 68.5 Å². The molecule has 1 nitrogen and oxygen atoms in total. The molecule has 0 aliphatic rings. The fraction of sp³-hybridized carbons (Fsp3) is 0.227. The van der Waals surface area contributed by atoms with Crippen LogP contribution in [0.15, 0.2) is 101 Å². The van der Waals surface area contributed by atoms with Crippen molar-refractivity contribution >= 4 is 27.0 Å². The van der Waals surface area contributed by atoms with Crippen molar-refractivity contribution in [1.29, 1.82) is 0 Å². The van der Waals surface area contributed by atoms with Crippen LogP contribution in [-0.2, 0) is 23.3 Å². The van der Waals surface area contributed by atoms with Crippen LogP contribution in [0.5, 0.6) is 0 Å². The van der Waals surface area contributed by atoms with Gasteiger partial charge in [0.25, 0.3) is 0 Å². The summed E-state index contributed by atoms with van der Waals surface area (Å²) >= 11 is 1.74. The van der Waals surface area contributed by atoms with Crippen molar-refractivity contribution in [3.63, 3.8) is 0 Å². The van der Waals surface area contributed by atoms with Gasteiger partial charge >= 0.3 is 41.9 Å². The molecule has 3 heteroatoms. The summed E-state index contributed by atoms with van der Waals surface area (Å²) in [4.78, 5) is 0. The Labute approximate surface area is 296 Å². The molecule has 0 bridgehead atoms. The zero-order valence-electron chi connectivity index (χ0n) is 29.6. The first-order valence-corrected chi connectivity index (χ1v) is 22.6. The summed E-state index contributed by atoms with van der Waals surface area (Å²) in [6, 6.07) is 35.6. The van der Waals surface area contributed by atoms with Gasteiger partial charge in [0.05, 0.1) is 11.5 Å². The Morgan fingerprint density at radius 3 is 1.43 bits per heavy atom. The minimum atomic E-state index is 0.210. The monoisotopic (exact) mass is 708 g/mol. The van der Waals surface area contributed by atoms with Gasteiger partial charge in [-0.05, 0) is 77.3 Å². The SMILES string of the molecule is C[Si](C)=[Zr+2].Cc1cc(C)cc(-c2c(C)ccc3[cH-]c(-c4ccc(C)o4)cc23)c1.Cc1cc(C)cc(-c2c(C)ccc3[cH-]c(C)cc23)c1.